The summed E-state index contributed by atoms with van der Waals surface area (Å²) in [7, 11) is -0.0811. The second kappa shape index (κ2) is 9.44. The van der Waals surface area contributed by atoms with Crippen LogP contribution in [0, 0.1) is 0 Å². The molecule has 1 amide bonds. The van der Waals surface area contributed by atoms with Crippen molar-refractivity contribution in [2.24, 2.45) is 0 Å². The van der Waals surface area contributed by atoms with Crippen molar-refractivity contribution in [1.82, 2.24) is 5.32 Å². The van der Waals surface area contributed by atoms with Gasteiger partial charge in [0.2, 0.25) is 0 Å². The minimum absolute atomic E-state index is 0.0523. The van der Waals surface area contributed by atoms with E-state index in [2.05, 4.69) is 5.32 Å². The Labute approximate surface area is 128 Å². The zero-order valence-electron chi connectivity index (χ0n) is 14.1. The second-order valence-electron chi connectivity index (χ2n) is 6.10. The van der Waals surface area contributed by atoms with Crippen LogP contribution in [0.25, 0.3) is 0 Å². The average Bonchev–Trinajstić information content (AvgIpc) is 2.35. The standard InChI is InChI=1S/C14H30NO5P/c1-12(15-13(16)20-14(2,3)4)10-8-7-9-11-21(17,18-5)19-6/h12H,7-11H2,1-6H3,(H,15,16)/t12-/m0/s1. The fourth-order valence-electron chi connectivity index (χ4n) is 1.77. The lowest BCUT2D eigenvalue weighted by atomic mass is 10.1. The van der Waals surface area contributed by atoms with Crippen LogP contribution in [0.4, 0.5) is 4.79 Å². The molecule has 0 aliphatic rings. The number of rotatable bonds is 9. The largest absolute Gasteiger partial charge is 0.444 e. The highest BCUT2D eigenvalue weighted by Gasteiger charge is 2.20. The molecule has 0 bridgehead atoms. The number of amides is 1. The van der Waals surface area contributed by atoms with Crippen molar-refractivity contribution >= 4 is 13.7 Å². The summed E-state index contributed by atoms with van der Waals surface area (Å²) in [5, 5.41) is 2.80. The highest BCUT2D eigenvalue weighted by molar-refractivity contribution is 7.53. The molecule has 0 aromatic carbocycles. The first-order chi connectivity index (χ1) is 9.62. The molecule has 0 aliphatic heterocycles. The van der Waals surface area contributed by atoms with E-state index < -0.39 is 19.3 Å². The molecule has 0 unspecified atom stereocenters. The molecule has 0 aromatic rings. The summed E-state index contributed by atoms with van der Waals surface area (Å²) in [6.45, 7) is 7.45. The zero-order valence-corrected chi connectivity index (χ0v) is 15.0. The number of unbranched alkanes of at least 4 members (excludes halogenated alkanes) is 2. The Hall–Kier alpha value is -0.580. The second-order valence-corrected chi connectivity index (χ2v) is 8.50. The van der Waals surface area contributed by atoms with Crippen LogP contribution in [0.5, 0.6) is 0 Å². The molecule has 6 nitrogen and oxygen atoms in total. The number of hydrogen-bond donors (Lipinski definition) is 1. The van der Waals surface area contributed by atoms with E-state index in [1.807, 2.05) is 27.7 Å². The fraction of sp³-hybridized carbons (Fsp3) is 0.929. The molecule has 21 heavy (non-hydrogen) atoms. The minimum Gasteiger partial charge on any atom is -0.444 e. The van der Waals surface area contributed by atoms with E-state index in [0.717, 1.165) is 25.7 Å². The maximum atomic E-state index is 11.8. The Balaban J connectivity index is 3.78. The van der Waals surface area contributed by atoms with E-state index in [1.54, 1.807) is 0 Å². The van der Waals surface area contributed by atoms with E-state index in [0.29, 0.717) is 6.16 Å². The van der Waals surface area contributed by atoms with E-state index >= 15 is 0 Å². The smallest absolute Gasteiger partial charge is 0.407 e. The van der Waals surface area contributed by atoms with Crippen molar-refractivity contribution < 1.29 is 23.1 Å². The Morgan fingerprint density at radius 2 is 1.71 bits per heavy atom. The number of hydrogen-bond acceptors (Lipinski definition) is 5. The van der Waals surface area contributed by atoms with Crippen LogP contribution < -0.4 is 5.32 Å². The molecule has 0 heterocycles. The molecular weight excluding hydrogens is 293 g/mol. The molecule has 0 spiro atoms. The minimum atomic E-state index is -2.88. The number of carbonyl (C=O) groups is 1. The van der Waals surface area contributed by atoms with Crippen molar-refractivity contribution in [3.63, 3.8) is 0 Å². The van der Waals surface area contributed by atoms with E-state index in [-0.39, 0.29) is 6.04 Å². The number of ether oxygens (including phenoxy) is 1. The van der Waals surface area contributed by atoms with Crippen LogP contribution in [-0.4, -0.2) is 38.1 Å². The van der Waals surface area contributed by atoms with Crippen LogP contribution in [-0.2, 0) is 18.3 Å². The third-order valence-electron chi connectivity index (χ3n) is 2.89. The van der Waals surface area contributed by atoms with Gasteiger partial charge in [-0.1, -0.05) is 12.8 Å². The molecule has 0 rings (SSSR count). The van der Waals surface area contributed by atoms with E-state index in [9.17, 15) is 9.36 Å². The SMILES string of the molecule is COP(=O)(CCCCC[C@H](C)NC(=O)OC(C)(C)C)OC. The van der Waals surface area contributed by atoms with Crippen molar-refractivity contribution in [1.29, 1.82) is 0 Å². The molecule has 126 valence electrons. The molecule has 0 saturated carbocycles. The third kappa shape index (κ3) is 10.7. The summed E-state index contributed by atoms with van der Waals surface area (Å²) in [6.07, 6.45) is 3.51. The Bertz CT molecular complexity index is 346. The Kier molecular flexibility index (Phi) is 9.18. The van der Waals surface area contributed by atoms with Gasteiger partial charge < -0.3 is 19.1 Å². The molecular formula is C14H30NO5P. The molecule has 0 fully saturated rings. The highest BCUT2D eigenvalue weighted by atomic mass is 31.2. The van der Waals surface area contributed by atoms with Gasteiger partial charge in [0, 0.05) is 20.3 Å². The maximum Gasteiger partial charge on any atom is 0.407 e. The summed E-state index contributed by atoms with van der Waals surface area (Å²) in [6, 6.07) is 0.0523. The van der Waals surface area contributed by atoms with Crippen molar-refractivity contribution in [3.8, 4) is 0 Å². The van der Waals surface area contributed by atoms with Gasteiger partial charge in [-0.15, -0.1) is 0 Å². The Morgan fingerprint density at radius 1 is 1.14 bits per heavy atom. The van der Waals surface area contributed by atoms with E-state index in [4.69, 9.17) is 13.8 Å². The quantitative estimate of drug-likeness (QED) is 0.514. The van der Waals surface area contributed by atoms with Crippen LogP contribution >= 0.6 is 7.60 Å². The van der Waals surface area contributed by atoms with Gasteiger partial charge in [-0.3, -0.25) is 4.57 Å². The van der Waals surface area contributed by atoms with Crippen LogP contribution in [0.2, 0.25) is 0 Å². The molecule has 1 atom stereocenters. The van der Waals surface area contributed by atoms with Crippen LogP contribution in [0.3, 0.4) is 0 Å². The third-order valence-corrected chi connectivity index (χ3v) is 4.87. The average molecular weight is 323 g/mol. The zero-order chi connectivity index (χ0) is 16.5. The summed E-state index contributed by atoms with van der Waals surface area (Å²) in [5.41, 5.74) is -0.481. The van der Waals surface area contributed by atoms with Crippen molar-refractivity contribution in [3.05, 3.63) is 0 Å². The van der Waals surface area contributed by atoms with E-state index in [1.165, 1.54) is 14.2 Å². The molecule has 7 heteroatoms. The lowest BCUT2D eigenvalue weighted by Gasteiger charge is -2.22. The lowest BCUT2D eigenvalue weighted by molar-refractivity contribution is 0.0506. The predicted octanol–water partition coefficient (Wildman–Crippen LogP) is 3.95. The summed E-state index contributed by atoms with van der Waals surface area (Å²) >= 11 is 0. The number of nitrogens with one attached hydrogen (secondary N) is 1. The van der Waals surface area contributed by atoms with Gasteiger partial charge >= 0.3 is 13.7 Å². The molecule has 1 N–H and O–H groups in total. The van der Waals surface area contributed by atoms with Crippen molar-refractivity contribution in [2.45, 2.75) is 65.0 Å². The first kappa shape index (κ1) is 20.4. The monoisotopic (exact) mass is 323 g/mol. The van der Waals surface area contributed by atoms with Gasteiger partial charge in [0.25, 0.3) is 0 Å². The van der Waals surface area contributed by atoms with Gasteiger partial charge in [0.15, 0.2) is 0 Å². The lowest BCUT2D eigenvalue weighted by Crippen LogP contribution is -2.37. The first-order valence-corrected chi connectivity index (χ1v) is 9.04. The molecule has 0 aromatic heterocycles. The topological polar surface area (TPSA) is 73.9 Å². The molecule has 0 saturated heterocycles. The summed E-state index contributed by atoms with van der Waals surface area (Å²) < 4.78 is 26.7. The first-order valence-electron chi connectivity index (χ1n) is 7.32. The summed E-state index contributed by atoms with van der Waals surface area (Å²) in [4.78, 5) is 11.6. The normalized spacial score (nSPS) is 13.8. The number of carbonyl (C=O) groups excluding carboxylic acids is 1. The van der Waals surface area contributed by atoms with Gasteiger partial charge in [-0.2, -0.15) is 0 Å². The summed E-state index contributed by atoms with van der Waals surface area (Å²) in [5.74, 6) is 0. The molecule has 0 aliphatic carbocycles. The highest BCUT2D eigenvalue weighted by Crippen LogP contribution is 2.47. The van der Waals surface area contributed by atoms with Gasteiger partial charge in [-0.05, 0) is 40.5 Å². The van der Waals surface area contributed by atoms with Gasteiger partial charge in [0.1, 0.15) is 5.60 Å². The predicted molar refractivity (Wildman–Crippen MR) is 83.8 cm³/mol. The fourth-order valence-corrected chi connectivity index (χ4v) is 2.90. The van der Waals surface area contributed by atoms with Crippen molar-refractivity contribution in [2.75, 3.05) is 20.4 Å². The van der Waals surface area contributed by atoms with Crippen LogP contribution in [0.15, 0.2) is 0 Å². The van der Waals surface area contributed by atoms with Gasteiger partial charge in [-0.25, -0.2) is 4.79 Å². The molecule has 0 radical (unpaired) electrons. The van der Waals surface area contributed by atoms with Gasteiger partial charge in [0.05, 0.1) is 6.16 Å². The Morgan fingerprint density at radius 3 is 2.19 bits per heavy atom. The maximum absolute atomic E-state index is 11.8. The van der Waals surface area contributed by atoms with Crippen LogP contribution in [0.1, 0.15) is 53.4 Å². The number of alkyl carbamates (subject to hydrolysis) is 1.